The van der Waals surface area contributed by atoms with Gasteiger partial charge in [-0.1, -0.05) is 26.0 Å². The van der Waals surface area contributed by atoms with Crippen LogP contribution in [-0.2, 0) is 15.6 Å². The van der Waals surface area contributed by atoms with E-state index in [1.54, 1.807) is 12.1 Å². The number of hydrogen-bond donors (Lipinski definition) is 2. The molecule has 0 aliphatic rings. The summed E-state index contributed by atoms with van der Waals surface area (Å²) in [5.41, 5.74) is 0.808. The van der Waals surface area contributed by atoms with Gasteiger partial charge in [0.25, 0.3) is 0 Å². The van der Waals surface area contributed by atoms with E-state index in [0.717, 1.165) is 5.56 Å². The molecule has 0 heterocycles. The summed E-state index contributed by atoms with van der Waals surface area (Å²) in [6, 6.07) is 5.70. The number of carbonyl (C=O) groups excluding carboxylic acids is 1. The molecule has 112 valence electrons. The minimum atomic E-state index is -1.36. The Hall–Kier alpha value is -1.27. The number of halogens is 1. The van der Waals surface area contributed by atoms with Gasteiger partial charge in [0.15, 0.2) is 0 Å². The van der Waals surface area contributed by atoms with Crippen molar-refractivity contribution in [3.05, 3.63) is 35.6 Å². The van der Waals surface area contributed by atoms with Gasteiger partial charge >= 0.3 is 0 Å². The van der Waals surface area contributed by atoms with Gasteiger partial charge in [0, 0.05) is 16.6 Å². The summed E-state index contributed by atoms with van der Waals surface area (Å²) in [5.74, 6) is -0.580. The molecule has 4 nitrogen and oxygen atoms in total. The predicted molar refractivity (Wildman–Crippen MR) is 77.1 cm³/mol. The predicted octanol–water partition coefficient (Wildman–Crippen LogP) is 1.38. The zero-order valence-corrected chi connectivity index (χ0v) is 12.5. The summed E-state index contributed by atoms with van der Waals surface area (Å²) in [6.07, 6.45) is 0. The van der Waals surface area contributed by atoms with E-state index in [1.807, 2.05) is 13.8 Å². The largest absolute Gasteiger partial charge is 0.395 e. The van der Waals surface area contributed by atoms with Crippen LogP contribution in [0.1, 0.15) is 25.5 Å². The molecular weight excluding hydrogens is 281 g/mol. The summed E-state index contributed by atoms with van der Waals surface area (Å²) in [6.45, 7) is 3.68. The van der Waals surface area contributed by atoms with Crippen LogP contribution in [0.5, 0.6) is 0 Å². The second kappa shape index (κ2) is 8.11. The van der Waals surface area contributed by atoms with Crippen LogP contribution in [0.25, 0.3) is 0 Å². The maximum absolute atomic E-state index is 12.9. The lowest BCUT2D eigenvalue weighted by atomic mass is 9.96. The summed E-state index contributed by atoms with van der Waals surface area (Å²) in [4.78, 5) is 11.8. The van der Waals surface area contributed by atoms with Crippen LogP contribution >= 0.6 is 0 Å². The number of aliphatic hydroxyl groups excluding tert-OH is 1. The third-order valence-electron chi connectivity index (χ3n) is 2.82. The molecule has 1 amide bonds. The average Bonchev–Trinajstić information content (AvgIpc) is 2.37. The van der Waals surface area contributed by atoms with Crippen LogP contribution in [0.2, 0.25) is 0 Å². The van der Waals surface area contributed by atoms with Crippen LogP contribution < -0.4 is 5.32 Å². The van der Waals surface area contributed by atoms with E-state index >= 15 is 0 Å². The van der Waals surface area contributed by atoms with Gasteiger partial charge in [-0.2, -0.15) is 0 Å². The molecule has 1 aromatic carbocycles. The van der Waals surface area contributed by atoms with Crippen molar-refractivity contribution in [3.8, 4) is 0 Å². The number of aliphatic hydroxyl groups is 1. The van der Waals surface area contributed by atoms with Crippen molar-refractivity contribution in [1.29, 1.82) is 0 Å². The molecule has 1 rings (SSSR count). The molecule has 1 aromatic rings. The van der Waals surface area contributed by atoms with Gasteiger partial charge in [-0.05, 0) is 23.6 Å². The highest BCUT2D eigenvalue weighted by molar-refractivity contribution is 7.85. The minimum Gasteiger partial charge on any atom is -0.395 e. The van der Waals surface area contributed by atoms with Gasteiger partial charge < -0.3 is 10.4 Å². The maximum atomic E-state index is 12.9. The summed E-state index contributed by atoms with van der Waals surface area (Å²) in [7, 11) is -1.36. The van der Waals surface area contributed by atoms with Crippen LogP contribution in [0.4, 0.5) is 4.39 Å². The first kappa shape index (κ1) is 16.8. The van der Waals surface area contributed by atoms with E-state index in [1.165, 1.54) is 12.1 Å². The van der Waals surface area contributed by atoms with Crippen molar-refractivity contribution in [3.63, 3.8) is 0 Å². The average molecular weight is 301 g/mol. The minimum absolute atomic E-state index is 0.0936. The molecule has 0 aromatic heterocycles. The van der Waals surface area contributed by atoms with Gasteiger partial charge in [0.05, 0.1) is 12.6 Å². The smallest absolute Gasteiger partial charge is 0.233 e. The van der Waals surface area contributed by atoms with Crippen LogP contribution in [0, 0.1) is 11.7 Å². The molecule has 0 bridgehead atoms. The van der Waals surface area contributed by atoms with Crippen molar-refractivity contribution < 1.29 is 18.5 Å². The molecule has 0 spiro atoms. The summed E-state index contributed by atoms with van der Waals surface area (Å²) >= 11 is 0. The molecule has 6 heteroatoms. The summed E-state index contributed by atoms with van der Waals surface area (Å²) in [5, 5.41) is 11.5. The lowest BCUT2D eigenvalue weighted by molar-refractivity contribution is -0.119. The van der Waals surface area contributed by atoms with E-state index in [2.05, 4.69) is 5.32 Å². The quantitative estimate of drug-likeness (QED) is 0.799. The van der Waals surface area contributed by atoms with Gasteiger partial charge in [-0.3, -0.25) is 9.00 Å². The molecule has 2 atom stereocenters. The monoisotopic (exact) mass is 301 g/mol. The number of carbonyl (C=O) groups is 1. The van der Waals surface area contributed by atoms with Gasteiger partial charge in [0.1, 0.15) is 11.6 Å². The van der Waals surface area contributed by atoms with E-state index in [4.69, 9.17) is 5.11 Å². The third-order valence-corrected chi connectivity index (χ3v) is 4.05. The first-order valence-electron chi connectivity index (χ1n) is 6.44. The van der Waals surface area contributed by atoms with Crippen LogP contribution in [0.15, 0.2) is 24.3 Å². The molecule has 0 fully saturated rings. The lowest BCUT2D eigenvalue weighted by Gasteiger charge is -2.23. The lowest BCUT2D eigenvalue weighted by Crippen LogP contribution is -2.35. The molecule has 20 heavy (non-hydrogen) atoms. The first-order chi connectivity index (χ1) is 9.43. The van der Waals surface area contributed by atoms with E-state index < -0.39 is 10.8 Å². The molecule has 0 radical (unpaired) electrons. The number of hydrogen-bond acceptors (Lipinski definition) is 3. The Labute approximate surface area is 120 Å². The summed E-state index contributed by atoms with van der Waals surface area (Å²) < 4.78 is 24.3. The molecule has 0 aliphatic carbocycles. The third kappa shape index (κ3) is 5.38. The van der Waals surface area contributed by atoms with Crippen molar-refractivity contribution >= 4 is 16.7 Å². The number of nitrogens with one attached hydrogen (secondary N) is 1. The maximum Gasteiger partial charge on any atom is 0.233 e. The molecular formula is C14H20FNO3S. The Kier molecular flexibility index (Phi) is 6.81. The molecule has 0 saturated carbocycles. The topological polar surface area (TPSA) is 66.4 Å². The van der Waals surface area contributed by atoms with Gasteiger partial charge in [-0.25, -0.2) is 4.39 Å². The Balaban J connectivity index is 2.70. The number of amides is 1. The highest BCUT2D eigenvalue weighted by Crippen LogP contribution is 2.21. The highest BCUT2D eigenvalue weighted by Gasteiger charge is 2.19. The zero-order chi connectivity index (χ0) is 15.1. The second-order valence-corrected chi connectivity index (χ2v) is 6.43. The fourth-order valence-corrected chi connectivity index (χ4v) is 2.56. The van der Waals surface area contributed by atoms with Gasteiger partial charge in [0.2, 0.25) is 5.91 Å². The first-order valence-corrected chi connectivity index (χ1v) is 7.93. The van der Waals surface area contributed by atoms with Crippen LogP contribution in [-0.4, -0.2) is 33.3 Å². The molecule has 2 unspecified atom stereocenters. The van der Waals surface area contributed by atoms with E-state index in [-0.39, 0.29) is 41.8 Å². The zero-order valence-electron chi connectivity index (χ0n) is 11.6. The normalized spacial score (nSPS) is 14.1. The van der Waals surface area contributed by atoms with Crippen molar-refractivity contribution in [1.82, 2.24) is 5.32 Å². The fraction of sp³-hybridized carbons (Fsp3) is 0.500. The molecule has 2 N–H and O–H groups in total. The van der Waals surface area contributed by atoms with Crippen molar-refractivity contribution in [2.45, 2.75) is 19.9 Å². The Bertz CT molecular complexity index is 462. The Morgan fingerprint density at radius 2 is 1.95 bits per heavy atom. The number of rotatable bonds is 7. The van der Waals surface area contributed by atoms with Gasteiger partial charge in [-0.15, -0.1) is 0 Å². The second-order valence-electron chi connectivity index (χ2n) is 4.85. The van der Waals surface area contributed by atoms with E-state index in [9.17, 15) is 13.4 Å². The highest BCUT2D eigenvalue weighted by atomic mass is 32.2. The van der Waals surface area contributed by atoms with Crippen molar-refractivity contribution in [2.24, 2.45) is 5.92 Å². The Morgan fingerprint density at radius 1 is 1.35 bits per heavy atom. The molecule has 0 saturated heterocycles. The SMILES string of the molecule is CC(C)C(NC(=O)CS(=O)CCO)c1ccc(F)cc1. The van der Waals surface area contributed by atoms with Crippen molar-refractivity contribution in [2.75, 3.05) is 18.1 Å². The Morgan fingerprint density at radius 3 is 2.45 bits per heavy atom. The van der Waals surface area contributed by atoms with Crippen LogP contribution in [0.3, 0.4) is 0 Å². The van der Waals surface area contributed by atoms with E-state index in [0.29, 0.717) is 0 Å². The molecule has 0 aliphatic heterocycles. The number of benzene rings is 1. The fourth-order valence-electron chi connectivity index (χ4n) is 1.84. The standard InChI is InChI=1S/C14H20FNO3S/c1-10(2)14(11-3-5-12(15)6-4-11)16-13(18)9-20(19)8-7-17/h3-6,10,14,17H,7-9H2,1-2H3,(H,16,18).